The lowest BCUT2D eigenvalue weighted by molar-refractivity contribution is -0.174. The monoisotopic (exact) mass is 354 g/mol. The first-order valence-electron chi connectivity index (χ1n) is 6.58. The van der Waals surface area contributed by atoms with Gasteiger partial charge in [0.1, 0.15) is 13.2 Å². The summed E-state index contributed by atoms with van der Waals surface area (Å²) in [4.78, 5) is 11.5. The van der Waals surface area contributed by atoms with Crippen LogP contribution in [0.3, 0.4) is 0 Å². The number of rotatable bonds is 7. The minimum Gasteiger partial charge on any atom is -0.362 e. The summed E-state index contributed by atoms with van der Waals surface area (Å²) in [6.45, 7) is 0.885. The molecule has 10 heteroatoms. The molecule has 0 radical (unpaired) electrons. The molecule has 0 spiro atoms. The molecule has 0 aromatic heterocycles. The van der Waals surface area contributed by atoms with E-state index in [0.717, 1.165) is 0 Å². The minimum absolute atomic E-state index is 0.0819. The number of aryl methyl sites for hydroxylation is 1. The molecule has 1 rings (SSSR count). The number of halogens is 3. The molecule has 0 atom stereocenters. The SMILES string of the molecule is CCS(=O)(=O)Nc1ccc(NC(=O)COCC(F)(F)F)cc1C. The van der Waals surface area contributed by atoms with Gasteiger partial charge in [-0.1, -0.05) is 0 Å². The van der Waals surface area contributed by atoms with Crippen LogP contribution >= 0.6 is 0 Å². The van der Waals surface area contributed by atoms with E-state index < -0.39 is 35.3 Å². The molecule has 0 aliphatic rings. The van der Waals surface area contributed by atoms with Gasteiger partial charge in [-0.15, -0.1) is 0 Å². The number of hydrogen-bond acceptors (Lipinski definition) is 4. The van der Waals surface area contributed by atoms with Crippen molar-refractivity contribution in [2.45, 2.75) is 20.0 Å². The summed E-state index contributed by atoms with van der Waals surface area (Å²) in [5.41, 5.74) is 1.23. The van der Waals surface area contributed by atoms with Crippen LogP contribution in [0.4, 0.5) is 24.5 Å². The van der Waals surface area contributed by atoms with Crippen LogP contribution in [0.5, 0.6) is 0 Å². The maximum atomic E-state index is 11.9. The molecule has 0 saturated carbocycles. The largest absolute Gasteiger partial charge is 0.411 e. The number of sulfonamides is 1. The van der Waals surface area contributed by atoms with Gasteiger partial charge in [0.25, 0.3) is 0 Å². The van der Waals surface area contributed by atoms with Crippen LogP contribution in [0.15, 0.2) is 18.2 Å². The minimum atomic E-state index is -4.49. The first kappa shape index (κ1) is 19.2. The van der Waals surface area contributed by atoms with Crippen molar-refractivity contribution < 1.29 is 31.1 Å². The van der Waals surface area contributed by atoms with Gasteiger partial charge in [0.05, 0.1) is 11.4 Å². The molecule has 0 saturated heterocycles. The van der Waals surface area contributed by atoms with Crippen molar-refractivity contribution in [1.29, 1.82) is 0 Å². The Hall–Kier alpha value is -1.81. The van der Waals surface area contributed by atoms with Gasteiger partial charge < -0.3 is 10.1 Å². The van der Waals surface area contributed by atoms with Gasteiger partial charge in [-0.05, 0) is 37.6 Å². The van der Waals surface area contributed by atoms with Gasteiger partial charge in [0.15, 0.2) is 0 Å². The smallest absolute Gasteiger partial charge is 0.362 e. The zero-order chi connectivity index (χ0) is 17.7. The van der Waals surface area contributed by atoms with Crippen LogP contribution in [0, 0.1) is 6.92 Å². The molecular weight excluding hydrogens is 337 g/mol. The lowest BCUT2D eigenvalue weighted by Gasteiger charge is -2.12. The zero-order valence-corrected chi connectivity index (χ0v) is 13.3. The highest BCUT2D eigenvalue weighted by atomic mass is 32.2. The highest BCUT2D eigenvalue weighted by Gasteiger charge is 2.27. The Morgan fingerprint density at radius 1 is 1.30 bits per heavy atom. The van der Waals surface area contributed by atoms with Crippen LogP contribution < -0.4 is 10.0 Å². The van der Waals surface area contributed by atoms with Gasteiger partial charge >= 0.3 is 6.18 Å². The molecule has 1 aromatic carbocycles. The lowest BCUT2D eigenvalue weighted by Crippen LogP contribution is -2.24. The van der Waals surface area contributed by atoms with Crippen molar-refractivity contribution >= 4 is 27.3 Å². The number of anilines is 2. The highest BCUT2D eigenvalue weighted by molar-refractivity contribution is 7.92. The van der Waals surface area contributed by atoms with Gasteiger partial charge in [-0.3, -0.25) is 9.52 Å². The van der Waals surface area contributed by atoms with Crippen molar-refractivity contribution in [2.75, 3.05) is 29.0 Å². The topological polar surface area (TPSA) is 84.5 Å². The molecule has 0 aliphatic heterocycles. The van der Waals surface area contributed by atoms with Crippen LogP contribution in [0.2, 0.25) is 0 Å². The van der Waals surface area contributed by atoms with E-state index >= 15 is 0 Å². The van der Waals surface area contributed by atoms with Crippen molar-refractivity contribution in [2.24, 2.45) is 0 Å². The van der Waals surface area contributed by atoms with Crippen molar-refractivity contribution in [3.05, 3.63) is 23.8 Å². The molecule has 0 bridgehead atoms. The van der Waals surface area contributed by atoms with E-state index in [9.17, 15) is 26.4 Å². The molecule has 1 aromatic rings. The Bertz CT molecular complexity index is 660. The number of nitrogens with one attached hydrogen (secondary N) is 2. The average molecular weight is 354 g/mol. The van der Waals surface area contributed by atoms with Gasteiger partial charge in [-0.25, -0.2) is 8.42 Å². The Morgan fingerprint density at radius 2 is 1.96 bits per heavy atom. The molecule has 0 fully saturated rings. The summed E-state index contributed by atoms with van der Waals surface area (Å²) < 4.78 is 65.2. The second-order valence-corrected chi connectivity index (χ2v) is 6.70. The summed E-state index contributed by atoms with van der Waals surface area (Å²) in [5.74, 6) is -0.822. The summed E-state index contributed by atoms with van der Waals surface area (Å²) in [6.07, 6.45) is -4.49. The Kier molecular flexibility index (Phi) is 6.39. The molecule has 2 N–H and O–H groups in total. The van der Waals surface area contributed by atoms with E-state index in [0.29, 0.717) is 16.9 Å². The number of alkyl halides is 3. The predicted molar refractivity (Wildman–Crippen MR) is 79.8 cm³/mol. The molecular formula is C13H17F3N2O4S. The van der Waals surface area contributed by atoms with Crippen molar-refractivity contribution in [1.82, 2.24) is 0 Å². The van der Waals surface area contributed by atoms with Crippen LogP contribution in [-0.4, -0.2) is 39.5 Å². The molecule has 0 unspecified atom stereocenters. The first-order chi connectivity index (χ1) is 10.5. The summed E-state index contributed by atoms with van der Waals surface area (Å²) >= 11 is 0. The standard InChI is InChI=1S/C13H17F3N2O4S/c1-3-23(20,21)18-11-5-4-10(6-9(11)2)17-12(19)7-22-8-13(14,15)16/h4-6,18H,3,7-8H2,1-2H3,(H,17,19). The molecule has 0 heterocycles. The Balaban J connectivity index is 2.62. The number of amides is 1. The fourth-order valence-corrected chi connectivity index (χ4v) is 2.26. The quantitative estimate of drug-likeness (QED) is 0.787. The second kappa shape index (κ2) is 7.64. The average Bonchev–Trinajstić information content (AvgIpc) is 2.40. The first-order valence-corrected chi connectivity index (χ1v) is 8.23. The normalized spacial score (nSPS) is 12.0. The van der Waals surface area contributed by atoms with E-state index in [2.05, 4.69) is 14.8 Å². The number of ether oxygens (including phenoxy) is 1. The van der Waals surface area contributed by atoms with E-state index in [1.807, 2.05) is 0 Å². The van der Waals surface area contributed by atoms with Gasteiger partial charge in [-0.2, -0.15) is 13.2 Å². The Morgan fingerprint density at radius 3 is 2.48 bits per heavy atom. The second-order valence-electron chi connectivity index (χ2n) is 4.69. The summed E-state index contributed by atoms with van der Waals surface area (Å²) in [7, 11) is -3.42. The predicted octanol–water partition coefficient (Wildman–Crippen LogP) is 2.27. The van der Waals surface area contributed by atoms with Crippen LogP contribution in [0.25, 0.3) is 0 Å². The number of benzene rings is 1. The van der Waals surface area contributed by atoms with E-state index in [-0.39, 0.29) is 5.75 Å². The Labute approximate surface area is 132 Å². The zero-order valence-electron chi connectivity index (χ0n) is 12.5. The van der Waals surface area contributed by atoms with E-state index in [4.69, 9.17) is 0 Å². The van der Waals surface area contributed by atoms with Gasteiger partial charge in [0.2, 0.25) is 15.9 Å². The van der Waals surface area contributed by atoms with Crippen LogP contribution in [-0.2, 0) is 19.6 Å². The summed E-state index contributed by atoms with van der Waals surface area (Å²) in [5, 5.41) is 2.36. The van der Waals surface area contributed by atoms with Crippen LogP contribution in [0.1, 0.15) is 12.5 Å². The highest BCUT2D eigenvalue weighted by Crippen LogP contribution is 2.21. The lowest BCUT2D eigenvalue weighted by atomic mass is 10.2. The number of hydrogen-bond donors (Lipinski definition) is 2. The molecule has 23 heavy (non-hydrogen) atoms. The van der Waals surface area contributed by atoms with E-state index in [1.165, 1.54) is 25.1 Å². The summed E-state index contributed by atoms with van der Waals surface area (Å²) in [6, 6.07) is 4.38. The number of carbonyl (C=O) groups is 1. The third-order valence-corrected chi connectivity index (χ3v) is 3.95. The van der Waals surface area contributed by atoms with E-state index in [1.54, 1.807) is 6.92 Å². The molecule has 1 amide bonds. The maximum absolute atomic E-state index is 11.9. The fourth-order valence-electron chi connectivity index (χ4n) is 1.55. The third-order valence-electron chi connectivity index (χ3n) is 2.65. The molecule has 0 aliphatic carbocycles. The van der Waals surface area contributed by atoms with Gasteiger partial charge in [0, 0.05) is 5.69 Å². The molecule has 130 valence electrons. The maximum Gasteiger partial charge on any atom is 0.411 e. The fraction of sp³-hybridized carbons (Fsp3) is 0.462. The molecule has 6 nitrogen and oxygen atoms in total. The third kappa shape index (κ3) is 7.33. The van der Waals surface area contributed by atoms with Crippen molar-refractivity contribution in [3.8, 4) is 0 Å². The number of carbonyl (C=O) groups excluding carboxylic acids is 1. The van der Waals surface area contributed by atoms with Crippen molar-refractivity contribution in [3.63, 3.8) is 0 Å².